The molecule has 1 aliphatic rings. The molecule has 0 aliphatic heterocycles. The summed E-state index contributed by atoms with van der Waals surface area (Å²) in [6, 6.07) is 3.09. The van der Waals surface area contributed by atoms with Crippen molar-refractivity contribution in [1.29, 1.82) is 0 Å². The fourth-order valence-corrected chi connectivity index (χ4v) is 3.41. The fraction of sp³-hybridized carbons (Fsp3) is 0.533. The lowest BCUT2D eigenvalue weighted by Crippen LogP contribution is -2.38. The number of hydrogen-bond donors (Lipinski definition) is 2. The van der Waals surface area contributed by atoms with Crippen LogP contribution in [0.25, 0.3) is 0 Å². The first-order chi connectivity index (χ1) is 9.51. The third-order valence-corrected chi connectivity index (χ3v) is 5.00. The number of nitrogens with one attached hydrogen (secondary N) is 1. The van der Waals surface area contributed by atoms with Gasteiger partial charge in [0, 0.05) is 17.0 Å². The summed E-state index contributed by atoms with van der Waals surface area (Å²) in [5.74, 6) is -0.833. The number of benzene rings is 1. The van der Waals surface area contributed by atoms with Crippen molar-refractivity contribution in [2.75, 3.05) is 12.0 Å². The van der Waals surface area contributed by atoms with E-state index in [1.807, 2.05) is 11.8 Å². The lowest BCUT2D eigenvalue weighted by atomic mass is 9.94. The fourth-order valence-electron chi connectivity index (χ4n) is 2.67. The normalized spacial score (nSPS) is 22.6. The molecule has 1 fully saturated rings. The minimum atomic E-state index is -0.477. The van der Waals surface area contributed by atoms with Crippen LogP contribution in [0, 0.1) is 12.7 Å². The molecule has 0 bridgehead atoms. The van der Waals surface area contributed by atoms with E-state index >= 15 is 0 Å². The quantitative estimate of drug-likeness (QED) is 0.843. The minimum Gasteiger partial charge on any atom is -0.399 e. The molecule has 1 aromatic rings. The molecule has 0 aromatic heterocycles. The molecule has 3 N–H and O–H groups in total. The van der Waals surface area contributed by atoms with Crippen molar-refractivity contribution in [2.24, 2.45) is 0 Å². The summed E-state index contributed by atoms with van der Waals surface area (Å²) >= 11 is 1.88. The number of thioether (sulfide) groups is 1. The van der Waals surface area contributed by atoms with Crippen LogP contribution in [-0.2, 0) is 0 Å². The third kappa shape index (κ3) is 3.45. The van der Waals surface area contributed by atoms with Crippen LogP contribution in [0.3, 0.4) is 0 Å². The van der Waals surface area contributed by atoms with Gasteiger partial charge in [0.1, 0.15) is 5.82 Å². The molecular weight excluding hydrogens is 275 g/mol. The maximum atomic E-state index is 14.0. The molecule has 20 heavy (non-hydrogen) atoms. The van der Waals surface area contributed by atoms with Crippen LogP contribution >= 0.6 is 11.8 Å². The Labute approximate surface area is 123 Å². The number of nitrogen functional groups attached to an aromatic ring is 1. The van der Waals surface area contributed by atoms with E-state index in [2.05, 4.69) is 11.6 Å². The maximum absolute atomic E-state index is 14.0. The van der Waals surface area contributed by atoms with Gasteiger partial charge in [-0.2, -0.15) is 11.8 Å². The van der Waals surface area contributed by atoms with Gasteiger partial charge in [0.25, 0.3) is 5.91 Å². The molecule has 1 aromatic carbocycles. The molecule has 0 atom stereocenters. The molecule has 1 saturated carbocycles. The Morgan fingerprint density at radius 2 is 2.00 bits per heavy atom. The third-order valence-electron chi connectivity index (χ3n) is 3.86. The van der Waals surface area contributed by atoms with Crippen molar-refractivity contribution < 1.29 is 9.18 Å². The molecule has 1 aliphatic carbocycles. The van der Waals surface area contributed by atoms with Gasteiger partial charge in [-0.15, -0.1) is 0 Å². The van der Waals surface area contributed by atoms with E-state index < -0.39 is 5.82 Å². The van der Waals surface area contributed by atoms with Gasteiger partial charge in [-0.05, 0) is 56.6 Å². The largest absolute Gasteiger partial charge is 0.399 e. The summed E-state index contributed by atoms with van der Waals surface area (Å²) in [5, 5.41) is 3.62. The Morgan fingerprint density at radius 3 is 2.60 bits per heavy atom. The summed E-state index contributed by atoms with van der Waals surface area (Å²) in [7, 11) is 0. The van der Waals surface area contributed by atoms with E-state index in [9.17, 15) is 9.18 Å². The summed E-state index contributed by atoms with van der Waals surface area (Å²) in [6.07, 6.45) is 6.24. The van der Waals surface area contributed by atoms with Crippen LogP contribution in [0.15, 0.2) is 12.1 Å². The van der Waals surface area contributed by atoms with Gasteiger partial charge in [-0.3, -0.25) is 4.79 Å². The summed E-state index contributed by atoms with van der Waals surface area (Å²) in [6.45, 7) is 1.62. The van der Waals surface area contributed by atoms with Gasteiger partial charge in [0.05, 0.1) is 5.56 Å². The molecule has 110 valence electrons. The highest BCUT2D eigenvalue weighted by molar-refractivity contribution is 7.99. The molecule has 0 saturated heterocycles. The van der Waals surface area contributed by atoms with Gasteiger partial charge in [0.2, 0.25) is 0 Å². The molecule has 5 heteroatoms. The van der Waals surface area contributed by atoms with E-state index in [0.717, 1.165) is 25.7 Å². The number of aryl methyl sites for hydroxylation is 1. The summed E-state index contributed by atoms with van der Waals surface area (Å²) in [4.78, 5) is 12.2. The Hall–Kier alpha value is -1.23. The number of anilines is 1. The molecule has 0 radical (unpaired) electrons. The highest BCUT2D eigenvalue weighted by Crippen LogP contribution is 2.27. The van der Waals surface area contributed by atoms with Gasteiger partial charge in [0.15, 0.2) is 0 Å². The zero-order valence-corrected chi connectivity index (χ0v) is 12.7. The Kier molecular flexibility index (Phi) is 4.91. The van der Waals surface area contributed by atoms with Crippen LogP contribution < -0.4 is 11.1 Å². The van der Waals surface area contributed by atoms with E-state index in [1.54, 1.807) is 6.92 Å². The molecule has 1 amide bonds. The minimum absolute atomic E-state index is 0.0505. The van der Waals surface area contributed by atoms with E-state index in [0.29, 0.717) is 16.5 Å². The average molecular weight is 296 g/mol. The second-order valence-electron chi connectivity index (χ2n) is 5.38. The first-order valence-electron chi connectivity index (χ1n) is 6.90. The highest BCUT2D eigenvalue weighted by Gasteiger charge is 2.23. The number of carbonyl (C=O) groups excluding carboxylic acids is 1. The smallest absolute Gasteiger partial charge is 0.254 e. The number of hydrogen-bond acceptors (Lipinski definition) is 3. The van der Waals surface area contributed by atoms with Gasteiger partial charge in [-0.1, -0.05) is 0 Å². The lowest BCUT2D eigenvalue weighted by molar-refractivity contribution is 0.0924. The zero-order valence-electron chi connectivity index (χ0n) is 11.9. The molecular formula is C15H21FN2OS. The van der Waals surface area contributed by atoms with Crippen LogP contribution in [-0.4, -0.2) is 23.5 Å². The predicted octanol–water partition coefficient (Wildman–Crippen LogP) is 3.12. The number of nitrogens with two attached hydrogens (primary N) is 1. The van der Waals surface area contributed by atoms with Crippen LogP contribution in [0.1, 0.15) is 41.6 Å². The van der Waals surface area contributed by atoms with Gasteiger partial charge in [-0.25, -0.2) is 4.39 Å². The van der Waals surface area contributed by atoms with Crippen molar-refractivity contribution in [3.05, 3.63) is 29.1 Å². The second kappa shape index (κ2) is 6.48. The van der Waals surface area contributed by atoms with Gasteiger partial charge >= 0.3 is 0 Å². The number of rotatable bonds is 3. The zero-order chi connectivity index (χ0) is 14.7. The van der Waals surface area contributed by atoms with Crippen LogP contribution in [0.5, 0.6) is 0 Å². The maximum Gasteiger partial charge on any atom is 0.254 e. The Morgan fingerprint density at radius 1 is 1.35 bits per heavy atom. The molecule has 3 nitrogen and oxygen atoms in total. The van der Waals surface area contributed by atoms with Crippen molar-refractivity contribution >= 4 is 23.4 Å². The topological polar surface area (TPSA) is 55.1 Å². The van der Waals surface area contributed by atoms with E-state index in [1.165, 1.54) is 12.1 Å². The molecule has 0 unspecified atom stereocenters. The molecule has 2 rings (SSSR count). The summed E-state index contributed by atoms with van der Waals surface area (Å²) in [5.41, 5.74) is 6.56. The average Bonchev–Trinajstić information content (AvgIpc) is 2.43. The SMILES string of the molecule is CSC1CCC(NC(=O)c2cc(N)cc(C)c2F)CC1. The van der Waals surface area contributed by atoms with Crippen LogP contribution in [0.2, 0.25) is 0 Å². The monoisotopic (exact) mass is 296 g/mol. The number of halogens is 1. The van der Waals surface area contributed by atoms with Crippen molar-refractivity contribution in [2.45, 2.75) is 43.9 Å². The first-order valence-corrected chi connectivity index (χ1v) is 8.19. The second-order valence-corrected chi connectivity index (χ2v) is 6.52. The Bertz CT molecular complexity index is 499. The number of amides is 1. The molecule has 0 spiro atoms. The van der Waals surface area contributed by atoms with Gasteiger partial charge < -0.3 is 11.1 Å². The number of carbonyl (C=O) groups is 1. The molecule has 0 heterocycles. The Balaban J connectivity index is 2.02. The highest BCUT2D eigenvalue weighted by atomic mass is 32.2. The first kappa shape index (κ1) is 15.2. The van der Waals surface area contributed by atoms with Crippen LogP contribution in [0.4, 0.5) is 10.1 Å². The summed E-state index contributed by atoms with van der Waals surface area (Å²) < 4.78 is 14.0. The van der Waals surface area contributed by atoms with Crippen molar-refractivity contribution in [1.82, 2.24) is 5.32 Å². The van der Waals surface area contributed by atoms with Crippen molar-refractivity contribution in [3.63, 3.8) is 0 Å². The van der Waals surface area contributed by atoms with E-state index in [-0.39, 0.29) is 17.5 Å². The van der Waals surface area contributed by atoms with E-state index in [4.69, 9.17) is 5.73 Å². The predicted molar refractivity (Wildman–Crippen MR) is 82.6 cm³/mol. The lowest BCUT2D eigenvalue weighted by Gasteiger charge is -2.28. The standard InChI is InChI=1S/C15H21FN2OS/c1-9-7-10(17)8-13(14(9)16)15(19)18-11-3-5-12(20-2)6-4-11/h7-8,11-12H,3-6,17H2,1-2H3,(H,18,19). The van der Waals surface area contributed by atoms with Crippen molar-refractivity contribution in [3.8, 4) is 0 Å².